The lowest BCUT2D eigenvalue weighted by Crippen LogP contribution is -2.14. The highest BCUT2D eigenvalue weighted by Gasteiger charge is 2.11. The first-order chi connectivity index (χ1) is 9.97. The Morgan fingerprint density at radius 2 is 1.95 bits per heavy atom. The normalized spacial score (nSPS) is 10.5. The Morgan fingerprint density at radius 3 is 2.62 bits per heavy atom. The van der Waals surface area contributed by atoms with Gasteiger partial charge in [-0.3, -0.25) is 4.79 Å². The molecule has 0 spiro atoms. The standard InChI is InChI=1S/C16H17ClN2O2/c1-10(2)21-15-6-4-3-5-14(15)19-16(20)11-7-8-12(17)13(18)9-11/h3-10H,18H2,1-2H3,(H,19,20). The quantitative estimate of drug-likeness (QED) is 0.840. The molecule has 1 amide bonds. The van der Waals surface area contributed by atoms with Crippen LogP contribution in [0.4, 0.5) is 11.4 Å². The number of benzene rings is 2. The molecule has 3 N–H and O–H groups in total. The molecule has 0 aliphatic carbocycles. The Kier molecular flexibility index (Phi) is 4.70. The molecule has 4 nitrogen and oxygen atoms in total. The van der Waals surface area contributed by atoms with Crippen molar-refractivity contribution in [3.05, 3.63) is 53.1 Å². The van der Waals surface area contributed by atoms with Gasteiger partial charge in [-0.25, -0.2) is 0 Å². The Bertz CT molecular complexity index is 656. The maximum absolute atomic E-state index is 12.3. The zero-order chi connectivity index (χ0) is 15.4. The van der Waals surface area contributed by atoms with Crippen molar-refractivity contribution in [3.8, 4) is 5.75 Å². The average Bonchev–Trinajstić information content (AvgIpc) is 2.43. The van der Waals surface area contributed by atoms with Crippen LogP contribution in [-0.4, -0.2) is 12.0 Å². The highest BCUT2D eigenvalue weighted by molar-refractivity contribution is 6.33. The molecule has 0 saturated heterocycles. The second kappa shape index (κ2) is 6.50. The number of ether oxygens (including phenoxy) is 1. The van der Waals surface area contributed by atoms with Gasteiger partial charge >= 0.3 is 0 Å². The fourth-order valence-electron chi connectivity index (χ4n) is 1.81. The number of hydrogen-bond donors (Lipinski definition) is 2. The van der Waals surface area contributed by atoms with E-state index in [4.69, 9.17) is 22.1 Å². The third-order valence-electron chi connectivity index (χ3n) is 2.76. The predicted octanol–water partition coefficient (Wildman–Crippen LogP) is 3.96. The van der Waals surface area contributed by atoms with Gasteiger partial charge in [0.25, 0.3) is 5.91 Å². The van der Waals surface area contributed by atoms with E-state index in [2.05, 4.69) is 5.32 Å². The van der Waals surface area contributed by atoms with Gasteiger partial charge in [-0.15, -0.1) is 0 Å². The van der Waals surface area contributed by atoms with E-state index in [1.807, 2.05) is 32.0 Å². The van der Waals surface area contributed by atoms with Crippen molar-refractivity contribution in [2.75, 3.05) is 11.1 Å². The second-order valence-electron chi connectivity index (χ2n) is 4.85. The van der Waals surface area contributed by atoms with Crippen molar-refractivity contribution in [2.45, 2.75) is 20.0 Å². The molecule has 2 aromatic rings. The number of halogens is 1. The minimum atomic E-state index is -0.266. The molecule has 2 aromatic carbocycles. The molecule has 21 heavy (non-hydrogen) atoms. The van der Waals surface area contributed by atoms with Gasteiger partial charge < -0.3 is 15.8 Å². The van der Waals surface area contributed by atoms with Crippen LogP contribution in [0, 0.1) is 0 Å². The summed E-state index contributed by atoms with van der Waals surface area (Å²) in [5.41, 5.74) is 7.14. The van der Waals surface area contributed by atoms with Crippen molar-refractivity contribution in [3.63, 3.8) is 0 Å². The number of nitrogens with two attached hydrogens (primary N) is 1. The molecule has 110 valence electrons. The van der Waals surface area contributed by atoms with Crippen molar-refractivity contribution in [1.29, 1.82) is 0 Å². The third-order valence-corrected chi connectivity index (χ3v) is 3.10. The van der Waals surface area contributed by atoms with Gasteiger partial charge in [-0.05, 0) is 44.2 Å². The molecule has 0 heterocycles. The number of para-hydroxylation sites is 2. The molecule has 2 rings (SSSR count). The van der Waals surface area contributed by atoms with Crippen molar-refractivity contribution in [1.82, 2.24) is 0 Å². The number of nitrogen functional groups attached to an aromatic ring is 1. The summed E-state index contributed by atoms with van der Waals surface area (Å²) < 4.78 is 5.66. The molecular weight excluding hydrogens is 288 g/mol. The fourth-order valence-corrected chi connectivity index (χ4v) is 1.92. The highest BCUT2D eigenvalue weighted by Crippen LogP contribution is 2.26. The zero-order valence-electron chi connectivity index (χ0n) is 11.9. The lowest BCUT2D eigenvalue weighted by molar-refractivity contribution is 0.102. The van der Waals surface area contributed by atoms with Crippen LogP contribution in [0.1, 0.15) is 24.2 Å². The maximum atomic E-state index is 12.3. The topological polar surface area (TPSA) is 64.3 Å². The molecule has 0 unspecified atom stereocenters. The molecule has 0 aliphatic heterocycles. The van der Waals surface area contributed by atoms with E-state index < -0.39 is 0 Å². The number of hydrogen-bond acceptors (Lipinski definition) is 3. The first-order valence-electron chi connectivity index (χ1n) is 6.59. The third kappa shape index (κ3) is 3.89. The summed E-state index contributed by atoms with van der Waals surface area (Å²) in [5, 5.41) is 3.24. The van der Waals surface area contributed by atoms with Gasteiger partial charge in [0.2, 0.25) is 0 Å². The van der Waals surface area contributed by atoms with Gasteiger partial charge in [-0.1, -0.05) is 23.7 Å². The summed E-state index contributed by atoms with van der Waals surface area (Å²) in [5.74, 6) is 0.362. The van der Waals surface area contributed by atoms with Crippen LogP contribution in [0.3, 0.4) is 0 Å². The summed E-state index contributed by atoms with van der Waals surface area (Å²) in [6.45, 7) is 3.86. The molecule has 0 aromatic heterocycles. The second-order valence-corrected chi connectivity index (χ2v) is 5.26. The van der Waals surface area contributed by atoms with Crippen LogP contribution in [0.15, 0.2) is 42.5 Å². The first-order valence-corrected chi connectivity index (χ1v) is 6.97. The largest absolute Gasteiger partial charge is 0.489 e. The van der Waals surface area contributed by atoms with Crippen LogP contribution >= 0.6 is 11.6 Å². The summed E-state index contributed by atoms with van der Waals surface area (Å²) in [4.78, 5) is 12.3. The minimum Gasteiger partial charge on any atom is -0.489 e. The van der Waals surface area contributed by atoms with Crippen LogP contribution in [-0.2, 0) is 0 Å². The molecule has 0 saturated carbocycles. The molecular formula is C16H17ClN2O2. The lowest BCUT2D eigenvalue weighted by Gasteiger charge is -2.15. The van der Waals surface area contributed by atoms with Crippen LogP contribution in [0.25, 0.3) is 0 Å². The Morgan fingerprint density at radius 1 is 1.24 bits per heavy atom. The van der Waals surface area contributed by atoms with Crippen LogP contribution in [0.5, 0.6) is 5.75 Å². The van der Waals surface area contributed by atoms with Crippen molar-refractivity contribution in [2.24, 2.45) is 0 Å². The van der Waals surface area contributed by atoms with Crippen LogP contribution in [0.2, 0.25) is 5.02 Å². The summed E-state index contributed by atoms with van der Waals surface area (Å²) in [7, 11) is 0. The molecule has 0 fully saturated rings. The molecule has 0 atom stereocenters. The summed E-state index contributed by atoms with van der Waals surface area (Å²) in [6.07, 6.45) is 0.0224. The van der Waals surface area contributed by atoms with Crippen LogP contribution < -0.4 is 15.8 Å². The van der Waals surface area contributed by atoms with Gasteiger partial charge in [0.15, 0.2) is 0 Å². The van der Waals surface area contributed by atoms with Gasteiger partial charge in [0, 0.05) is 5.56 Å². The van der Waals surface area contributed by atoms with E-state index in [1.165, 1.54) is 0 Å². The van der Waals surface area contributed by atoms with Crippen molar-refractivity contribution < 1.29 is 9.53 Å². The van der Waals surface area contributed by atoms with E-state index in [1.54, 1.807) is 24.3 Å². The number of nitrogens with one attached hydrogen (secondary N) is 1. The maximum Gasteiger partial charge on any atom is 0.255 e. The van der Waals surface area contributed by atoms with Gasteiger partial charge in [0.1, 0.15) is 5.75 Å². The summed E-state index contributed by atoms with van der Waals surface area (Å²) in [6, 6.07) is 12.1. The average molecular weight is 305 g/mol. The first kappa shape index (κ1) is 15.2. The number of carbonyl (C=O) groups is 1. The van der Waals surface area contributed by atoms with Crippen molar-refractivity contribution >= 4 is 28.9 Å². The van der Waals surface area contributed by atoms with Gasteiger partial charge in [0.05, 0.1) is 22.5 Å². The zero-order valence-corrected chi connectivity index (χ0v) is 12.6. The summed E-state index contributed by atoms with van der Waals surface area (Å²) >= 11 is 5.85. The van der Waals surface area contributed by atoms with E-state index in [-0.39, 0.29) is 12.0 Å². The van der Waals surface area contributed by atoms with E-state index in [0.29, 0.717) is 27.7 Å². The molecule has 5 heteroatoms. The lowest BCUT2D eigenvalue weighted by atomic mass is 10.2. The smallest absolute Gasteiger partial charge is 0.255 e. The number of anilines is 2. The SMILES string of the molecule is CC(C)Oc1ccccc1NC(=O)c1ccc(Cl)c(N)c1. The Hall–Kier alpha value is -2.20. The monoisotopic (exact) mass is 304 g/mol. The Labute approximate surface area is 128 Å². The van der Waals surface area contributed by atoms with E-state index >= 15 is 0 Å². The number of rotatable bonds is 4. The van der Waals surface area contributed by atoms with Gasteiger partial charge in [-0.2, -0.15) is 0 Å². The molecule has 0 bridgehead atoms. The molecule has 0 aliphatic rings. The minimum absolute atomic E-state index is 0.0224. The fraction of sp³-hybridized carbons (Fsp3) is 0.188. The van der Waals surface area contributed by atoms with E-state index in [0.717, 1.165) is 0 Å². The molecule has 0 radical (unpaired) electrons. The number of carbonyl (C=O) groups excluding carboxylic acids is 1. The highest BCUT2D eigenvalue weighted by atomic mass is 35.5. The van der Waals surface area contributed by atoms with E-state index in [9.17, 15) is 4.79 Å². The Balaban J connectivity index is 2.21. The predicted molar refractivity (Wildman–Crippen MR) is 86.0 cm³/mol. The number of amides is 1.